The zero-order valence-corrected chi connectivity index (χ0v) is 14.1. The van der Waals surface area contributed by atoms with E-state index in [2.05, 4.69) is 5.32 Å². The highest BCUT2D eigenvalue weighted by Crippen LogP contribution is 2.34. The fraction of sp³-hybridized carbons (Fsp3) is 0.529. The van der Waals surface area contributed by atoms with Crippen LogP contribution in [-0.2, 0) is 10.3 Å². The molecule has 5 nitrogen and oxygen atoms in total. The number of benzene rings is 1. The normalized spacial score (nSPS) is 27.7. The Morgan fingerprint density at radius 3 is 2.50 bits per heavy atom. The monoisotopic (exact) mass is 373 g/mol. The van der Waals surface area contributed by atoms with Crippen molar-refractivity contribution in [3.8, 4) is 0 Å². The molecule has 26 heavy (non-hydrogen) atoms. The zero-order valence-electron chi connectivity index (χ0n) is 14.1. The first-order chi connectivity index (χ1) is 12.1. The molecule has 0 spiro atoms. The first kappa shape index (κ1) is 18.6. The fourth-order valence-corrected chi connectivity index (χ4v) is 3.46. The maximum absolute atomic E-state index is 13.1. The molecule has 0 saturated carbocycles. The third-order valence-electron chi connectivity index (χ3n) is 5.01. The highest BCUT2D eigenvalue weighted by Gasteiger charge is 2.50. The average Bonchev–Trinajstić information content (AvgIpc) is 2.79. The molecule has 3 amide bonds. The van der Waals surface area contributed by atoms with Gasteiger partial charge in [0.1, 0.15) is 11.4 Å². The molecule has 2 atom stereocenters. The van der Waals surface area contributed by atoms with Crippen molar-refractivity contribution >= 4 is 11.9 Å². The van der Waals surface area contributed by atoms with Gasteiger partial charge in [0, 0.05) is 6.54 Å². The molecular formula is C17H19F4N3O2. The molecule has 2 fully saturated rings. The predicted molar refractivity (Wildman–Crippen MR) is 84.3 cm³/mol. The Morgan fingerprint density at radius 2 is 1.88 bits per heavy atom. The molecule has 142 valence electrons. The smallest absolute Gasteiger partial charge is 0.319 e. The number of carbonyl (C=O) groups is 2. The molecule has 0 aromatic heterocycles. The van der Waals surface area contributed by atoms with Gasteiger partial charge in [-0.3, -0.25) is 9.69 Å². The van der Waals surface area contributed by atoms with Gasteiger partial charge in [-0.2, -0.15) is 13.2 Å². The summed E-state index contributed by atoms with van der Waals surface area (Å²) in [4.78, 5) is 27.4. The Bertz CT molecular complexity index is 707. The number of imide groups is 1. The minimum Gasteiger partial charge on any atom is -0.319 e. The lowest BCUT2D eigenvalue weighted by molar-refractivity contribution is -0.187. The molecule has 3 rings (SSSR count). The average molecular weight is 373 g/mol. The van der Waals surface area contributed by atoms with Crippen LogP contribution in [0.3, 0.4) is 0 Å². The minimum absolute atomic E-state index is 0.0490. The van der Waals surface area contributed by atoms with E-state index in [1.165, 1.54) is 36.1 Å². The first-order valence-electron chi connectivity index (χ1n) is 8.30. The van der Waals surface area contributed by atoms with Crippen LogP contribution in [0.25, 0.3) is 0 Å². The van der Waals surface area contributed by atoms with Crippen molar-refractivity contribution in [3.05, 3.63) is 35.6 Å². The van der Waals surface area contributed by atoms with Gasteiger partial charge in [-0.25, -0.2) is 14.1 Å². The molecule has 1 N–H and O–H groups in total. The predicted octanol–water partition coefficient (Wildman–Crippen LogP) is 2.82. The van der Waals surface area contributed by atoms with Crippen LogP contribution >= 0.6 is 0 Å². The van der Waals surface area contributed by atoms with Crippen LogP contribution in [0.1, 0.15) is 25.3 Å². The Kier molecular flexibility index (Phi) is 4.68. The summed E-state index contributed by atoms with van der Waals surface area (Å²) in [6.45, 7) is 1.44. The summed E-state index contributed by atoms with van der Waals surface area (Å²) in [6.07, 6.45) is -3.89. The summed E-state index contributed by atoms with van der Waals surface area (Å²) in [6, 6.07) is 4.49. The summed E-state index contributed by atoms with van der Waals surface area (Å²) >= 11 is 0. The molecule has 0 unspecified atom stereocenters. The molecule has 2 aliphatic heterocycles. The molecule has 1 aromatic carbocycles. The number of nitrogens with one attached hydrogen (secondary N) is 1. The largest absolute Gasteiger partial charge is 0.393 e. The van der Waals surface area contributed by atoms with E-state index in [1.54, 1.807) is 0 Å². The number of hydrogen-bond acceptors (Lipinski definition) is 3. The minimum atomic E-state index is -4.29. The van der Waals surface area contributed by atoms with Crippen molar-refractivity contribution < 1.29 is 27.2 Å². The van der Waals surface area contributed by atoms with E-state index >= 15 is 0 Å². The topological polar surface area (TPSA) is 52.7 Å². The van der Waals surface area contributed by atoms with Crippen molar-refractivity contribution in [1.29, 1.82) is 0 Å². The lowest BCUT2D eigenvalue weighted by Gasteiger charge is -2.35. The molecule has 2 heterocycles. The van der Waals surface area contributed by atoms with Crippen molar-refractivity contribution in [2.45, 2.75) is 31.5 Å². The Morgan fingerprint density at radius 1 is 1.23 bits per heavy atom. The van der Waals surface area contributed by atoms with Gasteiger partial charge in [-0.15, -0.1) is 0 Å². The van der Waals surface area contributed by atoms with Gasteiger partial charge in [0.15, 0.2) is 0 Å². The number of hydrogen-bond donors (Lipinski definition) is 1. The molecule has 0 aliphatic carbocycles. The van der Waals surface area contributed by atoms with E-state index < -0.39 is 35.4 Å². The van der Waals surface area contributed by atoms with Crippen molar-refractivity contribution in [3.63, 3.8) is 0 Å². The van der Waals surface area contributed by atoms with Crippen LogP contribution in [0.5, 0.6) is 0 Å². The summed E-state index contributed by atoms with van der Waals surface area (Å²) in [5.41, 5.74) is -0.962. The Balaban J connectivity index is 1.74. The number of alkyl halides is 3. The van der Waals surface area contributed by atoms with Gasteiger partial charge >= 0.3 is 12.2 Å². The molecule has 2 saturated heterocycles. The fourth-order valence-electron chi connectivity index (χ4n) is 3.46. The van der Waals surface area contributed by atoms with Gasteiger partial charge in [-0.05, 0) is 44.0 Å². The van der Waals surface area contributed by atoms with Crippen LogP contribution in [0.15, 0.2) is 24.3 Å². The van der Waals surface area contributed by atoms with E-state index in [9.17, 15) is 27.2 Å². The third kappa shape index (κ3) is 3.40. The number of urea groups is 1. The summed E-state index contributed by atoms with van der Waals surface area (Å²) < 4.78 is 51.9. The molecule has 0 radical (unpaired) electrons. The second-order valence-electron chi connectivity index (χ2n) is 6.89. The number of nitrogens with zero attached hydrogens (tertiary/aromatic N) is 2. The second kappa shape index (κ2) is 6.53. The highest BCUT2D eigenvalue weighted by atomic mass is 19.4. The van der Waals surface area contributed by atoms with Gasteiger partial charge in [0.2, 0.25) is 0 Å². The van der Waals surface area contributed by atoms with Crippen LogP contribution in [0.2, 0.25) is 0 Å². The Labute approximate surface area is 147 Å². The summed E-state index contributed by atoms with van der Waals surface area (Å²) in [5.74, 6) is -2.50. The standard InChI is InChI=1S/C17H19F4N3O2/c1-16(11-4-6-13(18)7-5-11)14(25)24(15(26)22-16)10-23-8-2-3-12(9-23)17(19,20)21/h4-7,12H,2-3,8-10H2,1H3,(H,22,26)/t12-,16+/m1/s1. The van der Waals surface area contributed by atoms with Gasteiger partial charge in [-0.1, -0.05) is 12.1 Å². The van der Waals surface area contributed by atoms with Crippen LogP contribution in [0.4, 0.5) is 22.4 Å². The lowest BCUT2D eigenvalue weighted by atomic mass is 9.92. The molecule has 2 aliphatic rings. The molecule has 9 heteroatoms. The maximum Gasteiger partial charge on any atom is 0.393 e. The number of rotatable bonds is 3. The lowest BCUT2D eigenvalue weighted by Crippen LogP contribution is -2.48. The second-order valence-corrected chi connectivity index (χ2v) is 6.89. The number of amides is 3. The maximum atomic E-state index is 13.1. The molecule has 1 aromatic rings. The van der Waals surface area contributed by atoms with Crippen molar-refractivity contribution in [2.24, 2.45) is 5.92 Å². The summed E-state index contributed by atoms with van der Waals surface area (Å²) in [7, 11) is 0. The molecule has 0 bridgehead atoms. The summed E-state index contributed by atoms with van der Waals surface area (Å²) in [5, 5.41) is 2.56. The van der Waals surface area contributed by atoms with Crippen molar-refractivity contribution in [1.82, 2.24) is 15.1 Å². The zero-order chi connectivity index (χ0) is 19.1. The van der Waals surface area contributed by atoms with E-state index in [4.69, 9.17) is 0 Å². The molecular weight excluding hydrogens is 354 g/mol. The van der Waals surface area contributed by atoms with Crippen LogP contribution < -0.4 is 5.32 Å². The van der Waals surface area contributed by atoms with Crippen molar-refractivity contribution in [2.75, 3.05) is 19.8 Å². The van der Waals surface area contributed by atoms with E-state index in [0.717, 1.165) is 4.90 Å². The first-order valence-corrected chi connectivity index (χ1v) is 8.30. The van der Waals surface area contributed by atoms with Gasteiger partial charge in [0.05, 0.1) is 12.6 Å². The van der Waals surface area contributed by atoms with E-state index in [1.807, 2.05) is 0 Å². The van der Waals surface area contributed by atoms with E-state index in [-0.39, 0.29) is 19.6 Å². The van der Waals surface area contributed by atoms with Crippen LogP contribution in [0, 0.1) is 11.7 Å². The number of carbonyl (C=O) groups excluding carboxylic acids is 2. The number of likely N-dealkylation sites (tertiary alicyclic amines) is 1. The number of halogens is 4. The Hall–Kier alpha value is -2.16. The SMILES string of the molecule is C[C@@]1(c2ccc(F)cc2)NC(=O)N(CN2CCC[C@@H](C(F)(F)F)C2)C1=O. The van der Waals surface area contributed by atoms with Gasteiger partial charge in [0.25, 0.3) is 5.91 Å². The third-order valence-corrected chi connectivity index (χ3v) is 5.01. The van der Waals surface area contributed by atoms with Crippen LogP contribution in [-0.4, -0.2) is 47.7 Å². The van der Waals surface area contributed by atoms with Gasteiger partial charge < -0.3 is 5.32 Å². The van der Waals surface area contributed by atoms with E-state index in [0.29, 0.717) is 18.5 Å². The number of piperidine rings is 1. The quantitative estimate of drug-likeness (QED) is 0.655. The highest BCUT2D eigenvalue weighted by molar-refractivity contribution is 6.07.